The van der Waals surface area contributed by atoms with Gasteiger partial charge in [-0.15, -0.1) is 0 Å². The number of carbonyl (C=O) groups is 2. The number of urea groups is 1. The van der Waals surface area contributed by atoms with Gasteiger partial charge in [0.25, 0.3) is 0 Å². The molecular formula is C16H25N3O5. The van der Waals surface area contributed by atoms with E-state index in [1.165, 1.54) is 7.11 Å². The van der Waals surface area contributed by atoms with Crippen LogP contribution in [0.3, 0.4) is 0 Å². The van der Waals surface area contributed by atoms with Crippen LogP contribution >= 0.6 is 0 Å². The summed E-state index contributed by atoms with van der Waals surface area (Å²) in [4.78, 5) is 28.4. The first-order chi connectivity index (χ1) is 11.2. The van der Waals surface area contributed by atoms with Crippen LogP contribution in [0, 0.1) is 0 Å². The predicted molar refractivity (Wildman–Crippen MR) is 89.9 cm³/mol. The van der Waals surface area contributed by atoms with Gasteiger partial charge in [-0.05, 0) is 39.8 Å². The Balaban J connectivity index is 2.31. The lowest BCUT2D eigenvalue weighted by Crippen LogP contribution is -2.41. The SMILES string of the molecule is COc1ccccc1NC(=O)NOC[C@H](C)NC(=O)OC(C)(C)C. The lowest BCUT2D eigenvalue weighted by atomic mass is 10.2. The summed E-state index contributed by atoms with van der Waals surface area (Å²) in [5, 5.41) is 5.20. The van der Waals surface area contributed by atoms with E-state index in [-0.39, 0.29) is 12.6 Å². The molecule has 0 aliphatic rings. The molecule has 1 aromatic carbocycles. The quantitative estimate of drug-likeness (QED) is 0.692. The first-order valence-electron chi connectivity index (χ1n) is 7.52. The molecule has 0 spiro atoms. The predicted octanol–water partition coefficient (Wildman–Crippen LogP) is 2.66. The number of para-hydroxylation sites is 2. The number of nitrogens with one attached hydrogen (secondary N) is 3. The molecule has 0 aliphatic heterocycles. The highest BCUT2D eigenvalue weighted by Crippen LogP contribution is 2.22. The lowest BCUT2D eigenvalue weighted by Gasteiger charge is -2.21. The van der Waals surface area contributed by atoms with Gasteiger partial charge in [0.1, 0.15) is 11.4 Å². The number of methoxy groups -OCH3 is 1. The number of ether oxygens (including phenoxy) is 2. The van der Waals surface area contributed by atoms with Crippen LogP contribution < -0.4 is 20.9 Å². The molecule has 3 N–H and O–H groups in total. The van der Waals surface area contributed by atoms with Crippen LogP contribution in [0.1, 0.15) is 27.7 Å². The van der Waals surface area contributed by atoms with Crippen molar-refractivity contribution in [2.24, 2.45) is 0 Å². The highest BCUT2D eigenvalue weighted by atomic mass is 16.7. The number of anilines is 1. The topological polar surface area (TPSA) is 97.9 Å². The average molecular weight is 339 g/mol. The molecule has 0 bridgehead atoms. The van der Waals surface area contributed by atoms with Gasteiger partial charge in [-0.3, -0.25) is 4.84 Å². The maximum absolute atomic E-state index is 11.8. The standard InChI is InChI=1S/C16H25N3O5/c1-11(17-15(21)24-16(2,3)4)10-23-19-14(20)18-12-8-6-7-9-13(12)22-5/h6-9,11H,10H2,1-5H3,(H,17,21)(H2,18,19,20)/t11-/m0/s1. The fourth-order valence-corrected chi connectivity index (χ4v) is 1.68. The van der Waals surface area contributed by atoms with E-state index in [1.54, 1.807) is 52.0 Å². The minimum Gasteiger partial charge on any atom is -0.495 e. The number of hydrogen-bond acceptors (Lipinski definition) is 5. The van der Waals surface area contributed by atoms with Crippen molar-refractivity contribution in [3.8, 4) is 5.75 Å². The van der Waals surface area contributed by atoms with Crippen LogP contribution in [0.5, 0.6) is 5.75 Å². The number of hydroxylamine groups is 1. The molecule has 0 saturated carbocycles. The molecule has 0 fully saturated rings. The molecule has 1 rings (SSSR count). The Morgan fingerprint density at radius 3 is 2.50 bits per heavy atom. The van der Waals surface area contributed by atoms with Gasteiger partial charge >= 0.3 is 12.1 Å². The zero-order chi connectivity index (χ0) is 18.2. The third-order valence-electron chi connectivity index (χ3n) is 2.62. The molecular weight excluding hydrogens is 314 g/mol. The van der Waals surface area contributed by atoms with Gasteiger partial charge in [-0.2, -0.15) is 0 Å². The van der Waals surface area contributed by atoms with Gasteiger partial charge < -0.3 is 20.1 Å². The average Bonchev–Trinajstić information content (AvgIpc) is 2.45. The first-order valence-corrected chi connectivity index (χ1v) is 7.52. The summed E-state index contributed by atoms with van der Waals surface area (Å²) in [7, 11) is 1.51. The fraction of sp³-hybridized carbons (Fsp3) is 0.500. The first kappa shape index (κ1) is 19.6. The lowest BCUT2D eigenvalue weighted by molar-refractivity contribution is 0.0343. The summed E-state index contributed by atoms with van der Waals surface area (Å²) in [5.41, 5.74) is 2.18. The second kappa shape index (κ2) is 8.97. The molecule has 0 heterocycles. The van der Waals surface area contributed by atoms with Crippen molar-refractivity contribution < 1.29 is 23.9 Å². The van der Waals surface area contributed by atoms with Crippen LogP contribution in [0.15, 0.2) is 24.3 Å². The Bertz CT molecular complexity index is 557. The smallest absolute Gasteiger partial charge is 0.407 e. The van der Waals surface area contributed by atoms with Gasteiger partial charge in [0, 0.05) is 0 Å². The molecule has 24 heavy (non-hydrogen) atoms. The summed E-state index contributed by atoms with van der Waals surface area (Å²) < 4.78 is 10.2. The Morgan fingerprint density at radius 1 is 1.21 bits per heavy atom. The van der Waals surface area contributed by atoms with E-state index in [0.29, 0.717) is 11.4 Å². The van der Waals surface area contributed by atoms with Crippen LogP contribution in [-0.4, -0.2) is 37.5 Å². The van der Waals surface area contributed by atoms with E-state index in [1.807, 2.05) is 0 Å². The number of rotatable bonds is 6. The van der Waals surface area contributed by atoms with Crippen LogP contribution in [-0.2, 0) is 9.57 Å². The van der Waals surface area contributed by atoms with Crippen molar-refractivity contribution in [3.05, 3.63) is 24.3 Å². The molecule has 0 aliphatic carbocycles. The summed E-state index contributed by atoms with van der Waals surface area (Å²) in [5.74, 6) is 0.535. The van der Waals surface area contributed by atoms with Crippen molar-refractivity contribution in [1.82, 2.24) is 10.8 Å². The molecule has 134 valence electrons. The Hall–Kier alpha value is -2.48. The highest BCUT2D eigenvalue weighted by Gasteiger charge is 2.17. The normalized spacial score (nSPS) is 12.0. The number of benzene rings is 1. The van der Waals surface area contributed by atoms with E-state index in [4.69, 9.17) is 14.3 Å². The van der Waals surface area contributed by atoms with Crippen molar-refractivity contribution >= 4 is 17.8 Å². The molecule has 3 amide bonds. The maximum atomic E-state index is 11.8. The summed E-state index contributed by atoms with van der Waals surface area (Å²) in [6.45, 7) is 7.13. The summed E-state index contributed by atoms with van der Waals surface area (Å²) >= 11 is 0. The van der Waals surface area contributed by atoms with E-state index >= 15 is 0 Å². The molecule has 1 aromatic rings. The highest BCUT2D eigenvalue weighted by molar-refractivity contribution is 5.90. The van der Waals surface area contributed by atoms with Crippen LogP contribution in [0.25, 0.3) is 0 Å². The fourth-order valence-electron chi connectivity index (χ4n) is 1.68. The number of amides is 3. The maximum Gasteiger partial charge on any atom is 0.407 e. The van der Waals surface area contributed by atoms with Crippen molar-refractivity contribution in [1.29, 1.82) is 0 Å². The largest absolute Gasteiger partial charge is 0.495 e. The second-order valence-corrected chi connectivity index (χ2v) is 6.11. The third-order valence-corrected chi connectivity index (χ3v) is 2.62. The Morgan fingerprint density at radius 2 is 1.88 bits per heavy atom. The van der Waals surface area contributed by atoms with E-state index in [9.17, 15) is 9.59 Å². The van der Waals surface area contributed by atoms with Gasteiger partial charge in [0.05, 0.1) is 25.4 Å². The number of alkyl carbamates (subject to hydrolysis) is 1. The van der Waals surface area contributed by atoms with Gasteiger partial charge in [0.15, 0.2) is 0 Å². The number of hydrogen-bond donors (Lipinski definition) is 3. The van der Waals surface area contributed by atoms with Gasteiger partial charge in [-0.25, -0.2) is 15.1 Å². The van der Waals surface area contributed by atoms with Gasteiger partial charge in [0.2, 0.25) is 0 Å². The second-order valence-electron chi connectivity index (χ2n) is 6.11. The van der Waals surface area contributed by atoms with E-state index in [0.717, 1.165) is 0 Å². The zero-order valence-electron chi connectivity index (χ0n) is 14.6. The minimum atomic E-state index is -0.572. The number of carbonyl (C=O) groups excluding carboxylic acids is 2. The van der Waals surface area contributed by atoms with E-state index in [2.05, 4.69) is 16.1 Å². The van der Waals surface area contributed by atoms with Crippen molar-refractivity contribution in [2.75, 3.05) is 19.0 Å². The Labute approximate surface area is 141 Å². The summed E-state index contributed by atoms with van der Waals surface area (Å²) in [6.07, 6.45) is -0.544. The molecule has 8 nitrogen and oxygen atoms in total. The minimum absolute atomic E-state index is 0.0819. The Kier molecular flexibility index (Phi) is 7.31. The third kappa shape index (κ3) is 7.68. The molecule has 0 unspecified atom stereocenters. The van der Waals surface area contributed by atoms with Crippen LogP contribution in [0.2, 0.25) is 0 Å². The summed E-state index contributed by atoms with van der Waals surface area (Å²) in [6, 6.07) is 6.10. The molecule has 0 saturated heterocycles. The van der Waals surface area contributed by atoms with Crippen molar-refractivity contribution in [2.45, 2.75) is 39.3 Å². The zero-order valence-corrected chi connectivity index (χ0v) is 14.6. The van der Waals surface area contributed by atoms with E-state index < -0.39 is 17.7 Å². The van der Waals surface area contributed by atoms with Gasteiger partial charge in [-0.1, -0.05) is 12.1 Å². The van der Waals surface area contributed by atoms with Crippen molar-refractivity contribution in [3.63, 3.8) is 0 Å². The molecule has 0 radical (unpaired) electrons. The van der Waals surface area contributed by atoms with Crippen LogP contribution in [0.4, 0.5) is 15.3 Å². The monoisotopic (exact) mass is 339 g/mol. The molecule has 1 atom stereocenters. The molecule has 8 heteroatoms. The molecule has 0 aromatic heterocycles.